The molecule has 0 bridgehead atoms. The smallest absolute Gasteiger partial charge is 0.200 e. The maximum Gasteiger partial charge on any atom is 0.200 e. The normalized spacial score (nSPS) is 21.8. The van der Waals surface area contributed by atoms with E-state index in [1.807, 2.05) is 0 Å². The lowest BCUT2D eigenvalue weighted by molar-refractivity contribution is 0.290. The van der Waals surface area contributed by atoms with Gasteiger partial charge in [0.05, 0.1) is 6.61 Å². The Bertz CT molecular complexity index is 563. The first-order chi connectivity index (χ1) is 11.5. The van der Waals surface area contributed by atoms with E-state index < -0.39 is 24.1 Å². The van der Waals surface area contributed by atoms with Crippen molar-refractivity contribution < 1.29 is 22.3 Å². The van der Waals surface area contributed by atoms with Gasteiger partial charge in [-0.1, -0.05) is 6.07 Å². The summed E-state index contributed by atoms with van der Waals surface area (Å²) in [6.07, 6.45) is 6.07. The fourth-order valence-electron chi connectivity index (χ4n) is 3.34. The maximum atomic E-state index is 14.0. The van der Waals surface area contributed by atoms with Gasteiger partial charge in [-0.2, -0.15) is 4.39 Å². The van der Waals surface area contributed by atoms with E-state index in [1.165, 1.54) is 12.1 Å². The molecule has 0 radical (unpaired) electrons. The van der Waals surface area contributed by atoms with Gasteiger partial charge in [0.1, 0.15) is 12.5 Å². The van der Waals surface area contributed by atoms with Gasteiger partial charge in [0.25, 0.3) is 0 Å². The highest BCUT2D eigenvalue weighted by molar-refractivity contribution is 5.31. The zero-order valence-electron chi connectivity index (χ0n) is 14.0. The third-order valence-corrected chi connectivity index (χ3v) is 4.68. The Hall–Kier alpha value is -1.52. The summed E-state index contributed by atoms with van der Waals surface area (Å²) in [5, 5.41) is 0. The molecule has 1 aromatic rings. The molecule has 1 aliphatic rings. The van der Waals surface area contributed by atoms with Crippen LogP contribution in [0.3, 0.4) is 0 Å². The quantitative estimate of drug-likeness (QED) is 0.557. The number of aryl methyl sites for hydroxylation is 1. The third-order valence-electron chi connectivity index (χ3n) is 4.68. The Morgan fingerprint density at radius 1 is 1.17 bits per heavy atom. The van der Waals surface area contributed by atoms with Crippen LogP contribution in [0.15, 0.2) is 24.0 Å². The van der Waals surface area contributed by atoms with Crippen molar-refractivity contribution in [2.24, 2.45) is 11.8 Å². The standard InChI is InChI=1S/C19H24F4O/c1-2-24-17-10-9-15(18(22)19(17)23)8-7-13-3-5-14(6-4-13)11-16(21)12-20/h9-11,13-14H,2-8,12H2,1H3. The second-order valence-corrected chi connectivity index (χ2v) is 6.35. The van der Waals surface area contributed by atoms with Crippen molar-refractivity contribution in [2.75, 3.05) is 13.3 Å². The lowest BCUT2D eigenvalue weighted by atomic mass is 9.79. The number of hydrogen-bond acceptors (Lipinski definition) is 1. The molecule has 0 atom stereocenters. The van der Waals surface area contributed by atoms with Gasteiger partial charge in [-0.25, -0.2) is 13.2 Å². The molecule has 0 aromatic heterocycles. The molecule has 0 aliphatic heterocycles. The summed E-state index contributed by atoms with van der Waals surface area (Å²) in [6, 6.07) is 3.05. The van der Waals surface area contributed by atoms with Gasteiger partial charge in [0, 0.05) is 0 Å². The Labute approximate surface area is 140 Å². The van der Waals surface area contributed by atoms with E-state index >= 15 is 0 Å². The molecule has 5 heteroatoms. The average Bonchev–Trinajstić information content (AvgIpc) is 2.59. The molecule has 1 aromatic carbocycles. The molecule has 2 rings (SSSR count). The van der Waals surface area contributed by atoms with E-state index in [0.717, 1.165) is 32.1 Å². The van der Waals surface area contributed by atoms with Crippen molar-refractivity contribution in [1.29, 1.82) is 0 Å². The molecule has 134 valence electrons. The first-order valence-electron chi connectivity index (χ1n) is 8.57. The number of benzene rings is 1. The van der Waals surface area contributed by atoms with Gasteiger partial charge in [0.2, 0.25) is 5.82 Å². The zero-order valence-corrected chi connectivity index (χ0v) is 14.0. The first-order valence-corrected chi connectivity index (χ1v) is 8.57. The maximum absolute atomic E-state index is 14.0. The van der Waals surface area contributed by atoms with Crippen LogP contribution in [0.2, 0.25) is 0 Å². The topological polar surface area (TPSA) is 9.23 Å². The second kappa shape index (κ2) is 9.09. The molecule has 24 heavy (non-hydrogen) atoms. The van der Waals surface area contributed by atoms with Gasteiger partial charge in [-0.3, -0.25) is 0 Å². The minimum atomic E-state index is -1.04. The fourth-order valence-corrected chi connectivity index (χ4v) is 3.34. The van der Waals surface area contributed by atoms with Crippen LogP contribution in [-0.4, -0.2) is 13.3 Å². The Balaban J connectivity index is 1.86. The molecule has 0 N–H and O–H groups in total. The van der Waals surface area contributed by atoms with Crippen LogP contribution >= 0.6 is 0 Å². The number of ether oxygens (including phenoxy) is 1. The minimum absolute atomic E-state index is 0.0547. The molecule has 1 aliphatic carbocycles. The molecular weight excluding hydrogens is 320 g/mol. The largest absolute Gasteiger partial charge is 0.491 e. The number of rotatable bonds is 7. The van der Waals surface area contributed by atoms with Gasteiger partial charge in [0.15, 0.2) is 11.6 Å². The van der Waals surface area contributed by atoms with Gasteiger partial charge < -0.3 is 4.74 Å². The first kappa shape index (κ1) is 18.8. The molecule has 0 amide bonds. The summed E-state index contributed by atoms with van der Waals surface area (Å²) >= 11 is 0. The lowest BCUT2D eigenvalue weighted by Gasteiger charge is -2.26. The van der Waals surface area contributed by atoms with E-state index in [2.05, 4.69) is 0 Å². The van der Waals surface area contributed by atoms with Gasteiger partial charge in [-0.15, -0.1) is 0 Å². The summed E-state index contributed by atoms with van der Waals surface area (Å²) in [5.41, 5.74) is 0.362. The molecule has 0 unspecified atom stereocenters. The van der Waals surface area contributed by atoms with Crippen molar-refractivity contribution in [3.8, 4) is 5.75 Å². The van der Waals surface area contributed by atoms with E-state index in [4.69, 9.17) is 4.74 Å². The lowest BCUT2D eigenvalue weighted by Crippen LogP contribution is -2.14. The van der Waals surface area contributed by atoms with Gasteiger partial charge in [-0.05, 0) is 75.0 Å². The Morgan fingerprint density at radius 2 is 1.88 bits per heavy atom. The molecule has 1 saturated carbocycles. The average molecular weight is 344 g/mol. The highest BCUT2D eigenvalue weighted by Gasteiger charge is 2.21. The van der Waals surface area contributed by atoms with Crippen LogP contribution < -0.4 is 4.74 Å². The monoisotopic (exact) mass is 344 g/mol. The Kier molecular flexibility index (Phi) is 7.13. The predicted molar refractivity (Wildman–Crippen MR) is 86.5 cm³/mol. The number of hydrogen-bond donors (Lipinski definition) is 0. The van der Waals surface area contributed by atoms with Crippen molar-refractivity contribution in [3.05, 3.63) is 41.2 Å². The minimum Gasteiger partial charge on any atom is -0.491 e. The van der Waals surface area contributed by atoms with Crippen molar-refractivity contribution >= 4 is 0 Å². The highest BCUT2D eigenvalue weighted by atomic mass is 19.2. The van der Waals surface area contributed by atoms with E-state index in [9.17, 15) is 17.6 Å². The van der Waals surface area contributed by atoms with E-state index in [-0.39, 0.29) is 18.3 Å². The summed E-state index contributed by atoms with van der Waals surface area (Å²) < 4.78 is 58.0. The molecular formula is C19H24F4O. The number of alkyl halides is 1. The van der Waals surface area contributed by atoms with E-state index in [0.29, 0.717) is 17.9 Å². The summed E-state index contributed by atoms with van der Waals surface area (Å²) in [7, 11) is 0. The molecule has 0 heterocycles. The van der Waals surface area contributed by atoms with Crippen LogP contribution in [0.5, 0.6) is 5.75 Å². The SMILES string of the molecule is CCOc1ccc(CCC2CCC(C=C(F)CF)CC2)c(F)c1F. The molecule has 0 spiro atoms. The van der Waals surface area contributed by atoms with Crippen molar-refractivity contribution in [2.45, 2.75) is 45.4 Å². The number of halogens is 4. The molecule has 1 fully saturated rings. The number of allylic oxidation sites excluding steroid dienone is 2. The highest BCUT2D eigenvalue weighted by Crippen LogP contribution is 2.33. The van der Waals surface area contributed by atoms with Crippen LogP contribution in [-0.2, 0) is 6.42 Å². The van der Waals surface area contributed by atoms with Crippen LogP contribution in [0.4, 0.5) is 17.6 Å². The third kappa shape index (κ3) is 4.99. The van der Waals surface area contributed by atoms with Crippen molar-refractivity contribution in [1.82, 2.24) is 0 Å². The predicted octanol–water partition coefficient (Wildman–Crippen LogP) is 5.93. The van der Waals surface area contributed by atoms with Crippen LogP contribution in [0.25, 0.3) is 0 Å². The van der Waals surface area contributed by atoms with Crippen LogP contribution in [0, 0.1) is 23.5 Å². The van der Waals surface area contributed by atoms with Gasteiger partial charge >= 0.3 is 0 Å². The Morgan fingerprint density at radius 3 is 2.50 bits per heavy atom. The van der Waals surface area contributed by atoms with Crippen LogP contribution in [0.1, 0.15) is 44.6 Å². The summed E-state index contributed by atoms with van der Waals surface area (Å²) in [6.45, 7) is 0.967. The second-order valence-electron chi connectivity index (χ2n) is 6.35. The zero-order chi connectivity index (χ0) is 17.5. The van der Waals surface area contributed by atoms with E-state index in [1.54, 1.807) is 13.0 Å². The fraction of sp³-hybridized carbons (Fsp3) is 0.579. The summed E-state index contributed by atoms with van der Waals surface area (Å²) in [5.74, 6) is -1.99. The molecule has 0 saturated heterocycles. The summed E-state index contributed by atoms with van der Waals surface area (Å²) in [4.78, 5) is 0. The molecule has 1 nitrogen and oxygen atoms in total. The van der Waals surface area contributed by atoms with Crippen molar-refractivity contribution in [3.63, 3.8) is 0 Å².